The molecular formula is C18H25NO3. The standard InChI is InChI=1S/C18H25NO3/c20-18(11-14-5-1-2-6-14)19-15-7-3-8-16(12-15)22-13-17-9-4-10-21-17/h3,7-8,12,14,17H,1-2,4-6,9-11,13H2,(H,19,20). The van der Waals surface area contributed by atoms with Gasteiger partial charge in [0, 0.05) is 24.8 Å². The lowest BCUT2D eigenvalue weighted by molar-refractivity contribution is -0.117. The number of benzene rings is 1. The summed E-state index contributed by atoms with van der Waals surface area (Å²) < 4.78 is 11.3. The highest BCUT2D eigenvalue weighted by atomic mass is 16.5. The molecule has 1 heterocycles. The van der Waals surface area contributed by atoms with E-state index in [1.165, 1.54) is 25.7 Å². The molecule has 0 bridgehead atoms. The predicted molar refractivity (Wildman–Crippen MR) is 86.1 cm³/mol. The molecule has 0 radical (unpaired) electrons. The minimum absolute atomic E-state index is 0.114. The Labute approximate surface area is 132 Å². The summed E-state index contributed by atoms with van der Waals surface area (Å²) in [7, 11) is 0. The molecule has 1 N–H and O–H groups in total. The maximum atomic E-state index is 12.1. The van der Waals surface area contributed by atoms with Crippen molar-refractivity contribution in [3.05, 3.63) is 24.3 Å². The Balaban J connectivity index is 1.48. The summed E-state index contributed by atoms with van der Waals surface area (Å²) in [4.78, 5) is 12.1. The van der Waals surface area contributed by atoms with Crippen LogP contribution in [0.1, 0.15) is 44.9 Å². The van der Waals surface area contributed by atoms with Crippen LogP contribution in [0, 0.1) is 5.92 Å². The van der Waals surface area contributed by atoms with Crippen LogP contribution in [0.4, 0.5) is 5.69 Å². The second kappa shape index (κ2) is 7.63. The molecule has 3 rings (SSSR count). The van der Waals surface area contributed by atoms with Crippen molar-refractivity contribution in [2.75, 3.05) is 18.5 Å². The molecule has 4 heteroatoms. The topological polar surface area (TPSA) is 47.6 Å². The van der Waals surface area contributed by atoms with Crippen LogP contribution >= 0.6 is 0 Å². The number of nitrogens with one attached hydrogen (secondary N) is 1. The highest BCUT2D eigenvalue weighted by molar-refractivity contribution is 5.91. The van der Waals surface area contributed by atoms with Gasteiger partial charge in [-0.2, -0.15) is 0 Å². The van der Waals surface area contributed by atoms with Crippen molar-refractivity contribution in [2.24, 2.45) is 5.92 Å². The molecule has 120 valence electrons. The van der Waals surface area contributed by atoms with E-state index in [4.69, 9.17) is 9.47 Å². The molecule has 0 spiro atoms. The molecule has 1 amide bonds. The molecule has 1 saturated heterocycles. The van der Waals surface area contributed by atoms with Crippen molar-refractivity contribution in [2.45, 2.75) is 51.0 Å². The second-order valence-electron chi connectivity index (χ2n) is 6.38. The fourth-order valence-corrected chi connectivity index (χ4v) is 3.32. The first-order chi connectivity index (χ1) is 10.8. The van der Waals surface area contributed by atoms with Gasteiger partial charge in [0.1, 0.15) is 12.4 Å². The molecule has 1 aliphatic carbocycles. The number of amides is 1. The summed E-state index contributed by atoms with van der Waals surface area (Å²) >= 11 is 0. The van der Waals surface area contributed by atoms with E-state index in [0.717, 1.165) is 30.9 Å². The third-order valence-corrected chi connectivity index (χ3v) is 4.53. The zero-order valence-electron chi connectivity index (χ0n) is 13.1. The van der Waals surface area contributed by atoms with Crippen LogP contribution in [0.15, 0.2) is 24.3 Å². The summed E-state index contributed by atoms with van der Waals surface area (Å²) in [5.74, 6) is 1.47. The Bertz CT molecular complexity index is 491. The quantitative estimate of drug-likeness (QED) is 0.870. The van der Waals surface area contributed by atoms with Crippen LogP contribution in [0.25, 0.3) is 0 Å². The Kier molecular flexibility index (Phi) is 5.33. The molecule has 1 aromatic carbocycles. The van der Waals surface area contributed by atoms with Crippen LogP contribution in [0.5, 0.6) is 5.75 Å². The minimum atomic E-state index is 0.114. The lowest BCUT2D eigenvalue weighted by Gasteiger charge is -2.13. The SMILES string of the molecule is O=C(CC1CCCC1)Nc1cccc(OCC2CCCO2)c1. The zero-order chi connectivity index (χ0) is 15.2. The van der Waals surface area contributed by atoms with Gasteiger partial charge >= 0.3 is 0 Å². The van der Waals surface area contributed by atoms with E-state index in [9.17, 15) is 4.79 Å². The average molecular weight is 303 g/mol. The van der Waals surface area contributed by atoms with Gasteiger partial charge in [-0.3, -0.25) is 4.79 Å². The first kappa shape index (κ1) is 15.3. The molecular weight excluding hydrogens is 278 g/mol. The van der Waals surface area contributed by atoms with Gasteiger partial charge in [0.2, 0.25) is 5.91 Å². The van der Waals surface area contributed by atoms with Gasteiger partial charge in [-0.15, -0.1) is 0 Å². The zero-order valence-corrected chi connectivity index (χ0v) is 13.1. The molecule has 1 unspecified atom stereocenters. The van der Waals surface area contributed by atoms with E-state index in [1.54, 1.807) is 0 Å². The molecule has 2 aliphatic rings. The van der Waals surface area contributed by atoms with Crippen molar-refractivity contribution in [1.82, 2.24) is 0 Å². The minimum Gasteiger partial charge on any atom is -0.491 e. The Morgan fingerprint density at radius 1 is 1.23 bits per heavy atom. The monoisotopic (exact) mass is 303 g/mol. The van der Waals surface area contributed by atoms with E-state index in [-0.39, 0.29) is 12.0 Å². The number of carbonyl (C=O) groups excluding carboxylic acids is 1. The van der Waals surface area contributed by atoms with Crippen LogP contribution in [-0.2, 0) is 9.53 Å². The average Bonchev–Trinajstić information content (AvgIpc) is 3.18. The van der Waals surface area contributed by atoms with Gasteiger partial charge in [0.15, 0.2) is 0 Å². The van der Waals surface area contributed by atoms with E-state index in [2.05, 4.69) is 5.32 Å². The van der Waals surface area contributed by atoms with Gasteiger partial charge in [0.25, 0.3) is 0 Å². The summed E-state index contributed by atoms with van der Waals surface area (Å²) in [5.41, 5.74) is 0.813. The largest absolute Gasteiger partial charge is 0.491 e. The summed E-state index contributed by atoms with van der Waals surface area (Å²) in [6.45, 7) is 1.42. The van der Waals surface area contributed by atoms with Crippen LogP contribution < -0.4 is 10.1 Å². The molecule has 1 aliphatic heterocycles. The highest BCUT2D eigenvalue weighted by Gasteiger charge is 2.19. The third kappa shape index (κ3) is 4.47. The first-order valence-electron chi connectivity index (χ1n) is 8.44. The number of rotatable bonds is 6. The number of hydrogen-bond acceptors (Lipinski definition) is 3. The van der Waals surface area contributed by atoms with Gasteiger partial charge in [0.05, 0.1) is 6.10 Å². The van der Waals surface area contributed by atoms with Crippen molar-refractivity contribution in [3.8, 4) is 5.75 Å². The van der Waals surface area contributed by atoms with Crippen molar-refractivity contribution >= 4 is 11.6 Å². The molecule has 1 aromatic rings. The number of hydrogen-bond donors (Lipinski definition) is 1. The van der Waals surface area contributed by atoms with Gasteiger partial charge in [-0.25, -0.2) is 0 Å². The van der Waals surface area contributed by atoms with Crippen LogP contribution in [0.2, 0.25) is 0 Å². The third-order valence-electron chi connectivity index (χ3n) is 4.53. The molecule has 4 nitrogen and oxygen atoms in total. The Morgan fingerprint density at radius 2 is 2.09 bits per heavy atom. The maximum Gasteiger partial charge on any atom is 0.224 e. The van der Waals surface area contributed by atoms with Gasteiger partial charge in [-0.1, -0.05) is 18.9 Å². The van der Waals surface area contributed by atoms with Crippen molar-refractivity contribution < 1.29 is 14.3 Å². The molecule has 0 aromatic heterocycles. The number of ether oxygens (including phenoxy) is 2. The first-order valence-corrected chi connectivity index (χ1v) is 8.44. The van der Waals surface area contributed by atoms with Gasteiger partial charge in [-0.05, 0) is 43.7 Å². The lowest BCUT2D eigenvalue weighted by atomic mass is 10.0. The fourth-order valence-electron chi connectivity index (χ4n) is 3.32. The van der Waals surface area contributed by atoms with E-state index < -0.39 is 0 Å². The summed E-state index contributed by atoms with van der Waals surface area (Å²) in [6.07, 6.45) is 7.95. The second-order valence-corrected chi connectivity index (χ2v) is 6.38. The molecule has 1 atom stereocenters. The number of anilines is 1. The van der Waals surface area contributed by atoms with Crippen LogP contribution in [-0.4, -0.2) is 25.2 Å². The van der Waals surface area contributed by atoms with E-state index in [1.807, 2.05) is 24.3 Å². The van der Waals surface area contributed by atoms with E-state index >= 15 is 0 Å². The molecule has 1 saturated carbocycles. The summed E-state index contributed by atoms with van der Waals surface area (Å²) in [6, 6.07) is 7.63. The fraction of sp³-hybridized carbons (Fsp3) is 0.611. The Morgan fingerprint density at radius 3 is 2.86 bits per heavy atom. The molecule has 22 heavy (non-hydrogen) atoms. The normalized spacial score (nSPS) is 21.9. The number of carbonyl (C=O) groups is 1. The van der Waals surface area contributed by atoms with Crippen molar-refractivity contribution in [3.63, 3.8) is 0 Å². The predicted octanol–water partition coefficient (Wildman–Crippen LogP) is 3.76. The smallest absolute Gasteiger partial charge is 0.224 e. The van der Waals surface area contributed by atoms with Crippen molar-refractivity contribution in [1.29, 1.82) is 0 Å². The molecule has 2 fully saturated rings. The van der Waals surface area contributed by atoms with E-state index in [0.29, 0.717) is 18.9 Å². The van der Waals surface area contributed by atoms with Gasteiger partial charge < -0.3 is 14.8 Å². The van der Waals surface area contributed by atoms with Crippen LogP contribution in [0.3, 0.4) is 0 Å². The highest BCUT2D eigenvalue weighted by Crippen LogP contribution is 2.28. The lowest BCUT2D eigenvalue weighted by Crippen LogP contribution is -2.17. The maximum absolute atomic E-state index is 12.1. The summed E-state index contributed by atoms with van der Waals surface area (Å²) in [5, 5.41) is 2.99. The Hall–Kier alpha value is -1.55.